The van der Waals surface area contributed by atoms with Crippen LogP contribution in [0.1, 0.15) is 10.4 Å². The van der Waals surface area contributed by atoms with E-state index in [1.165, 1.54) is 4.90 Å². The Hall–Kier alpha value is -3.12. The van der Waals surface area contributed by atoms with Gasteiger partial charge in [-0.15, -0.1) is 16.9 Å². The summed E-state index contributed by atoms with van der Waals surface area (Å²) in [6, 6.07) is 21.5. The minimum Gasteiger partial charge on any atom is -0.323 e. The van der Waals surface area contributed by atoms with Gasteiger partial charge < -0.3 is 5.32 Å². The van der Waals surface area contributed by atoms with Crippen LogP contribution >= 0.6 is 11.8 Å². The van der Waals surface area contributed by atoms with Gasteiger partial charge in [0.1, 0.15) is 6.29 Å². The van der Waals surface area contributed by atoms with E-state index in [-0.39, 0.29) is 0 Å². The standard InChI is InChI=1S/C20H16N4OS/c1-26-17-5-2-4-15(12-17)18-6-3-7-19-22-20(23-24(18)19)21-16-10-8-14(13-25)9-11-16/h2-13H,1H3,(H,21,23). The fraction of sp³-hybridized carbons (Fsp3) is 0.0500. The molecule has 0 fully saturated rings. The number of rotatable bonds is 5. The first kappa shape index (κ1) is 16.4. The van der Waals surface area contributed by atoms with Crippen molar-refractivity contribution >= 4 is 35.3 Å². The maximum absolute atomic E-state index is 10.8. The fourth-order valence-electron chi connectivity index (χ4n) is 2.73. The number of hydrogen-bond donors (Lipinski definition) is 1. The predicted octanol–water partition coefficient (Wildman–Crippen LogP) is 4.67. The van der Waals surface area contributed by atoms with E-state index < -0.39 is 0 Å². The van der Waals surface area contributed by atoms with Crippen LogP contribution in [0.3, 0.4) is 0 Å². The summed E-state index contributed by atoms with van der Waals surface area (Å²) in [5.41, 5.74) is 4.31. The Morgan fingerprint density at radius 2 is 1.85 bits per heavy atom. The highest BCUT2D eigenvalue weighted by Gasteiger charge is 2.09. The van der Waals surface area contributed by atoms with Gasteiger partial charge in [-0.2, -0.15) is 4.98 Å². The highest BCUT2D eigenvalue weighted by Crippen LogP contribution is 2.25. The van der Waals surface area contributed by atoms with Crippen molar-refractivity contribution in [2.24, 2.45) is 0 Å². The quantitative estimate of drug-likeness (QED) is 0.414. The molecular formula is C20H16N4OS. The van der Waals surface area contributed by atoms with Crippen molar-refractivity contribution in [2.45, 2.75) is 4.90 Å². The molecule has 2 aromatic heterocycles. The molecule has 0 saturated heterocycles. The molecule has 0 aliphatic heterocycles. The van der Waals surface area contributed by atoms with Gasteiger partial charge in [-0.05, 0) is 54.8 Å². The molecule has 0 atom stereocenters. The number of aromatic nitrogens is 3. The third-order valence-corrected chi connectivity index (χ3v) is 4.75. The zero-order valence-corrected chi connectivity index (χ0v) is 14.9. The first-order valence-corrected chi connectivity index (χ1v) is 9.32. The normalized spacial score (nSPS) is 10.8. The number of hydrogen-bond acceptors (Lipinski definition) is 5. The van der Waals surface area contributed by atoms with Crippen LogP contribution in [0, 0.1) is 0 Å². The average Bonchev–Trinajstić information content (AvgIpc) is 3.11. The lowest BCUT2D eigenvalue weighted by Crippen LogP contribution is -1.96. The molecule has 4 rings (SSSR count). The van der Waals surface area contributed by atoms with Crippen LogP contribution in [0.25, 0.3) is 16.9 Å². The number of anilines is 2. The van der Waals surface area contributed by atoms with E-state index in [1.54, 1.807) is 23.9 Å². The number of carbonyl (C=O) groups is 1. The molecule has 6 heteroatoms. The third-order valence-electron chi connectivity index (χ3n) is 4.03. The predicted molar refractivity (Wildman–Crippen MR) is 105 cm³/mol. The van der Waals surface area contributed by atoms with Crippen molar-refractivity contribution in [2.75, 3.05) is 11.6 Å². The van der Waals surface area contributed by atoms with Crippen molar-refractivity contribution < 1.29 is 4.79 Å². The van der Waals surface area contributed by atoms with E-state index in [0.717, 1.165) is 28.9 Å². The molecule has 4 aromatic rings. The number of carbonyl (C=O) groups excluding carboxylic acids is 1. The number of pyridine rings is 1. The SMILES string of the molecule is CSc1cccc(-c2cccc3nc(Nc4ccc(C=O)cc4)nn23)c1. The van der Waals surface area contributed by atoms with Crippen LogP contribution < -0.4 is 5.32 Å². The molecule has 0 saturated carbocycles. The average molecular weight is 360 g/mol. The summed E-state index contributed by atoms with van der Waals surface area (Å²) in [5, 5.41) is 7.78. The van der Waals surface area contributed by atoms with Crippen molar-refractivity contribution in [1.82, 2.24) is 14.6 Å². The van der Waals surface area contributed by atoms with Gasteiger partial charge in [0, 0.05) is 21.7 Å². The zero-order chi connectivity index (χ0) is 17.9. The van der Waals surface area contributed by atoms with E-state index in [4.69, 9.17) is 0 Å². The molecule has 2 aromatic carbocycles. The molecule has 0 aliphatic rings. The summed E-state index contributed by atoms with van der Waals surface area (Å²) < 4.78 is 1.83. The lowest BCUT2D eigenvalue weighted by molar-refractivity contribution is 0.112. The minimum atomic E-state index is 0.511. The van der Waals surface area contributed by atoms with Crippen LogP contribution in [0.15, 0.2) is 71.6 Å². The summed E-state index contributed by atoms with van der Waals surface area (Å²) in [6.07, 6.45) is 2.88. The molecular weight excluding hydrogens is 344 g/mol. The molecule has 1 N–H and O–H groups in total. The van der Waals surface area contributed by atoms with Gasteiger partial charge in [0.15, 0.2) is 5.65 Å². The van der Waals surface area contributed by atoms with E-state index >= 15 is 0 Å². The van der Waals surface area contributed by atoms with Crippen molar-refractivity contribution in [3.05, 3.63) is 72.3 Å². The second-order valence-electron chi connectivity index (χ2n) is 5.71. The van der Waals surface area contributed by atoms with Crippen LogP contribution in [-0.4, -0.2) is 27.1 Å². The number of nitrogens with one attached hydrogen (secondary N) is 1. The molecule has 0 aliphatic carbocycles. The Balaban J connectivity index is 1.71. The summed E-state index contributed by atoms with van der Waals surface area (Å²) in [7, 11) is 0. The molecule has 26 heavy (non-hydrogen) atoms. The Kier molecular flexibility index (Phi) is 4.41. The summed E-state index contributed by atoms with van der Waals surface area (Å²) >= 11 is 1.71. The Morgan fingerprint density at radius 3 is 2.62 bits per heavy atom. The van der Waals surface area contributed by atoms with Gasteiger partial charge in [0.05, 0.1) is 5.69 Å². The van der Waals surface area contributed by atoms with Crippen LogP contribution in [0.4, 0.5) is 11.6 Å². The van der Waals surface area contributed by atoms with Gasteiger partial charge in [-0.1, -0.05) is 18.2 Å². The zero-order valence-electron chi connectivity index (χ0n) is 14.1. The largest absolute Gasteiger partial charge is 0.323 e. The van der Waals surface area contributed by atoms with E-state index in [9.17, 15) is 4.79 Å². The van der Waals surface area contributed by atoms with Gasteiger partial charge in [0.25, 0.3) is 0 Å². The topological polar surface area (TPSA) is 59.3 Å². The van der Waals surface area contributed by atoms with Gasteiger partial charge in [-0.25, -0.2) is 4.52 Å². The van der Waals surface area contributed by atoms with Crippen molar-refractivity contribution in [1.29, 1.82) is 0 Å². The maximum atomic E-state index is 10.8. The molecule has 0 bridgehead atoms. The van der Waals surface area contributed by atoms with Crippen LogP contribution in [0.2, 0.25) is 0 Å². The van der Waals surface area contributed by atoms with Gasteiger partial charge in [0.2, 0.25) is 5.95 Å². The third kappa shape index (κ3) is 3.19. The highest BCUT2D eigenvalue weighted by molar-refractivity contribution is 7.98. The number of benzene rings is 2. The number of fused-ring (bicyclic) bond motifs is 1. The summed E-state index contributed by atoms with van der Waals surface area (Å²) in [4.78, 5) is 16.5. The lowest BCUT2D eigenvalue weighted by atomic mass is 10.1. The molecule has 0 amide bonds. The molecule has 0 radical (unpaired) electrons. The van der Waals surface area contributed by atoms with Crippen molar-refractivity contribution in [3.63, 3.8) is 0 Å². The Bertz CT molecular complexity index is 1070. The molecule has 128 valence electrons. The van der Waals surface area contributed by atoms with Crippen molar-refractivity contribution in [3.8, 4) is 11.3 Å². The van der Waals surface area contributed by atoms with Crippen LogP contribution in [-0.2, 0) is 0 Å². The summed E-state index contributed by atoms with van der Waals surface area (Å²) in [5.74, 6) is 0.511. The first-order valence-electron chi connectivity index (χ1n) is 8.09. The first-order chi connectivity index (χ1) is 12.8. The highest BCUT2D eigenvalue weighted by atomic mass is 32.2. The van der Waals surface area contributed by atoms with E-state index in [0.29, 0.717) is 11.5 Å². The molecule has 2 heterocycles. The summed E-state index contributed by atoms with van der Waals surface area (Å²) in [6.45, 7) is 0. The Morgan fingerprint density at radius 1 is 1.04 bits per heavy atom. The van der Waals surface area contributed by atoms with Gasteiger partial charge in [-0.3, -0.25) is 4.79 Å². The Labute approximate surface area is 155 Å². The smallest absolute Gasteiger partial charge is 0.247 e. The molecule has 5 nitrogen and oxygen atoms in total. The number of aldehydes is 1. The lowest BCUT2D eigenvalue weighted by Gasteiger charge is -2.05. The second-order valence-corrected chi connectivity index (χ2v) is 6.59. The molecule has 0 unspecified atom stereocenters. The minimum absolute atomic E-state index is 0.511. The monoisotopic (exact) mass is 360 g/mol. The van der Waals surface area contributed by atoms with E-state index in [2.05, 4.69) is 39.9 Å². The number of nitrogens with zero attached hydrogens (tertiary/aromatic N) is 3. The fourth-order valence-corrected chi connectivity index (χ4v) is 3.19. The van der Waals surface area contributed by atoms with Crippen LogP contribution in [0.5, 0.6) is 0 Å². The van der Waals surface area contributed by atoms with E-state index in [1.807, 2.05) is 40.9 Å². The molecule has 0 spiro atoms. The number of thioether (sulfide) groups is 1. The van der Waals surface area contributed by atoms with Gasteiger partial charge >= 0.3 is 0 Å². The second kappa shape index (κ2) is 7.01. The maximum Gasteiger partial charge on any atom is 0.247 e.